The van der Waals surface area contributed by atoms with Crippen LogP contribution in [0.3, 0.4) is 0 Å². The summed E-state index contributed by atoms with van der Waals surface area (Å²) in [5.74, 6) is 0. The quantitative estimate of drug-likeness (QED) is 0.783. The zero-order valence-corrected chi connectivity index (χ0v) is 13.3. The molecule has 0 atom stereocenters. The van der Waals surface area contributed by atoms with Crippen LogP contribution in [0.4, 0.5) is 16.2 Å². The van der Waals surface area contributed by atoms with Crippen molar-refractivity contribution < 1.29 is 13.2 Å². The molecule has 0 bridgehead atoms. The first kappa shape index (κ1) is 16.6. The Kier molecular flexibility index (Phi) is 4.92. The van der Waals surface area contributed by atoms with Crippen molar-refractivity contribution in [2.24, 2.45) is 5.14 Å². The Morgan fingerprint density at radius 1 is 0.955 bits per heavy atom. The molecule has 9 heteroatoms. The lowest BCUT2D eigenvalue weighted by Gasteiger charge is -2.09. The molecule has 2 aromatic carbocycles. The molecule has 0 aliphatic rings. The second-order valence-electron chi connectivity index (χ2n) is 4.28. The number of carbonyl (C=O) groups excluding carboxylic acids is 1. The number of amides is 2. The molecular formula is C13H11Cl2N3O3S. The van der Waals surface area contributed by atoms with Crippen LogP contribution in [-0.2, 0) is 10.0 Å². The highest BCUT2D eigenvalue weighted by Gasteiger charge is 2.10. The second-order valence-corrected chi connectivity index (χ2v) is 6.66. The van der Waals surface area contributed by atoms with E-state index in [1.54, 1.807) is 12.1 Å². The van der Waals surface area contributed by atoms with Gasteiger partial charge in [-0.1, -0.05) is 29.3 Å². The molecule has 0 aromatic heterocycles. The third-order valence-corrected chi connectivity index (χ3v) is 4.25. The number of urea groups is 1. The van der Waals surface area contributed by atoms with Crippen molar-refractivity contribution in [2.45, 2.75) is 4.90 Å². The fraction of sp³-hybridized carbons (Fsp3) is 0. The van der Waals surface area contributed by atoms with Crippen LogP contribution < -0.4 is 15.8 Å². The van der Waals surface area contributed by atoms with Gasteiger partial charge in [-0.3, -0.25) is 0 Å². The van der Waals surface area contributed by atoms with Crippen LogP contribution in [0.15, 0.2) is 47.4 Å². The summed E-state index contributed by atoms with van der Waals surface area (Å²) in [7, 11) is -3.83. The van der Waals surface area contributed by atoms with Crippen LogP contribution in [0.2, 0.25) is 10.0 Å². The molecule has 0 unspecified atom stereocenters. The highest BCUT2D eigenvalue weighted by atomic mass is 35.5. The molecule has 0 saturated heterocycles. The maximum absolute atomic E-state index is 11.9. The largest absolute Gasteiger partial charge is 0.323 e. The van der Waals surface area contributed by atoms with Gasteiger partial charge in [-0.25, -0.2) is 18.4 Å². The molecule has 0 radical (unpaired) electrons. The summed E-state index contributed by atoms with van der Waals surface area (Å²) in [6.07, 6.45) is 0. The highest BCUT2D eigenvalue weighted by Crippen LogP contribution is 2.25. The fourth-order valence-electron chi connectivity index (χ4n) is 1.62. The second kappa shape index (κ2) is 6.53. The number of nitrogens with two attached hydrogens (primary N) is 1. The Bertz CT molecular complexity index is 825. The molecule has 0 spiro atoms. The van der Waals surface area contributed by atoms with E-state index in [0.29, 0.717) is 15.7 Å². The summed E-state index contributed by atoms with van der Waals surface area (Å²) >= 11 is 11.6. The standard InChI is InChI=1S/C13H11Cl2N3O3S/c14-11-5-4-9(7-12(11)15)18-13(19)17-8-2-1-3-10(6-8)22(16,20)21/h1-7H,(H2,16,20,21)(H2,17,18,19). The van der Waals surface area contributed by atoms with E-state index in [-0.39, 0.29) is 10.6 Å². The fourth-order valence-corrected chi connectivity index (χ4v) is 2.48. The summed E-state index contributed by atoms with van der Waals surface area (Å²) in [5.41, 5.74) is 0.721. The number of halogens is 2. The van der Waals surface area contributed by atoms with Crippen LogP contribution in [0.25, 0.3) is 0 Å². The van der Waals surface area contributed by atoms with Gasteiger partial charge in [-0.15, -0.1) is 0 Å². The number of benzene rings is 2. The van der Waals surface area contributed by atoms with E-state index in [0.717, 1.165) is 0 Å². The Labute approximate surface area is 137 Å². The molecule has 0 saturated carbocycles. The van der Waals surface area contributed by atoms with Crippen LogP contribution in [0, 0.1) is 0 Å². The van der Waals surface area contributed by atoms with Crippen molar-refractivity contribution in [3.8, 4) is 0 Å². The van der Waals surface area contributed by atoms with Crippen molar-refractivity contribution in [1.29, 1.82) is 0 Å². The van der Waals surface area contributed by atoms with Gasteiger partial charge in [-0.05, 0) is 36.4 Å². The van der Waals surface area contributed by atoms with Gasteiger partial charge < -0.3 is 10.6 Å². The van der Waals surface area contributed by atoms with Crippen molar-refractivity contribution >= 4 is 50.6 Å². The highest BCUT2D eigenvalue weighted by molar-refractivity contribution is 7.89. The number of primary sulfonamides is 1. The van der Waals surface area contributed by atoms with Gasteiger partial charge in [0.15, 0.2) is 0 Å². The van der Waals surface area contributed by atoms with Gasteiger partial charge in [0.1, 0.15) is 0 Å². The average Bonchev–Trinajstić information content (AvgIpc) is 2.42. The first-order valence-corrected chi connectivity index (χ1v) is 8.22. The van der Waals surface area contributed by atoms with E-state index in [4.69, 9.17) is 28.3 Å². The first-order valence-electron chi connectivity index (χ1n) is 5.91. The lowest BCUT2D eigenvalue weighted by Crippen LogP contribution is -2.20. The number of hydrogen-bond donors (Lipinski definition) is 3. The Morgan fingerprint density at radius 2 is 1.59 bits per heavy atom. The number of hydrogen-bond acceptors (Lipinski definition) is 3. The predicted octanol–water partition coefficient (Wildman–Crippen LogP) is 3.28. The summed E-state index contributed by atoms with van der Waals surface area (Å²) in [6.45, 7) is 0. The third-order valence-electron chi connectivity index (χ3n) is 2.60. The molecular weight excluding hydrogens is 349 g/mol. The van der Waals surface area contributed by atoms with Crippen LogP contribution in [0.5, 0.6) is 0 Å². The van der Waals surface area contributed by atoms with Crippen LogP contribution in [-0.4, -0.2) is 14.4 Å². The van der Waals surface area contributed by atoms with Crippen molar-refractivity contribution in [2.75, 3.05) is 10.6 Å². The van der Waals surface area contributed by atoms with E-state index < -0.39 is 16.1 Å². The summed E-state index contributed by atoms with van der Waals surface area (Å²) in [4.78, 5) is 11.8. The van der Waals surface area contributed by atoms with Crippen molar-refractivity contribution in [3.05, 3.63) is 52.5 Å². The Morgan fingerprint density at radius 3 is 2.18 bits per heavy atom. The zero-order valence-electron chi connectivity index (χ0n) is 11.0. The lowest BCUT2D eigenvalue weighted by atomic mass is 10.3. The van der Waals surface area contributed by atoms with E-state index in [9.17, 15) is 13.2 Å². The normalized spacial score (nSPS) is 11.0. The van der Waals surface area contributed by atoms with Crippen LogP contribution >= 0.6 is 23.2 Å². The predicted molar refractivity (Wildman–Crippen MR) is 86.9 cm³/mol. The Hall–Kier alpha value is -1.80. The van der Waals surface area contributed by atoms with Gasteiger partial charge in [0.25, 0.3) is 0 Å². The molecule has 116 valence electrons. The molecule has 4 N–H and O–H groups in total. The number of anilines is 2. The first-order chi connectivity index (χ1) is 10.3. The SMILES string of the molecule is NS(=O)(=O)c1cccc(NC(=O)Nc2ccc(Cl)c(Cl)c2)c1. The molecule has 6 nitrogen and oxygen atoms in total. The molecule has 0 heterocycles. The number of carbonyl (C=O) groups is 1. The Balaban J connectivity index is 2.10. The molecule has 0 fully saturated rings. The van der Waals surface area contributed by atoms with Gasteiger partial charge in [0.2, 0.25) is 10.0 Å². The zero-order chi connectivity index (χ0) is 16.3. The van der Waals surface area contributed by atoms with Gasteiger partial charge in [0, 0.05) is 11.4 Å². The van der Waals surface area contributed by atoms with Crippen LogP contribution in [0.1, 0.15) is 0 Å². The smallest absolute Gasteiger partial charge is 0.308 e. The van der Waals surface area contributed by atoms with Gasteiger partial charge in [-0.2, -0.15) is 0 Å². The minimum Gasteiger partial charge on any atom is -0.308 e. The molecule has 2 aromatic rings. The van der Waals surface area contributed by atoms with E-state index in [1.807, 2.05) is 0 Å². The molecule has 2 rings (SSSR count). The molecule has 0 aliphatic heterocycles. The maximum atomic E-state index is 11.9. The summed E-state index contributed by atoms with van der Waals surface area (Å²) < 4.78 is 22.5. The number of nitrogens with one attached hydrogen (secondary N) is 2. The third kappa shape index (κ3) is 4.35. The maximum Gasteiger partial charge on any atom is 0.323 e. The molecule has 0 aliphatic carbocycles. The van der Waals surface area contributed by atoms with E-state index >= 15 is 0 Å². The van der Waals surface area contributed by atoms with Crippen molar-refractivity contribution in [1.82, 2.24) is 0 Å². The van der Waals surface area contributed by atoms with E-state index in [1.165, 1.54) is 30.3 Å². The van der Waals surface area contributed by atoms with Crippen molar-refractivity contribution in [3.63, 3.8) is 0 Å². The number of sulfonamides is 1. The average molecular weight is 360 g/mol. The monoisotopic (exact) mass is 359 g/mol. The summed E-state index contributed by atoms with van der Waals surface area (Å²) in [6, 6.07) is 9.63. The molecule has 2 amide bonds. The summed E-state index contributed by atoms with van der Waals surface area (Å²) in [5, 5.41) is 10.7. The number of rotatable bonds is 3. The van der Waals surface area contributed by atoms with Gasteiger partial charge >= 0.3 is 6.03 Å². The topological polar surface area (TPSA) is 101 Å². The molecule has 22 heavy (non-hydrogen) atoms. The van der Waals surface area contributed by atoms with E-state index in [2.05, 4.69) is 10.6 Å². The lowest BCUT2D eigenvalue weighted by molar-refractivity contribution is 0.262. The minimum atomic E-state index is -3.83. The van der Waals surface area contributed by atoms with Gasteiger partial charge in [0.05, 0.1) is 14.9 Å². The minimum absolute atomic E-state index is 0.0974.